The van der Waals surface area contributed by atoms with Gasteiger partial charge in [-0.3, -0.25) is 4.90 Å². The number of carboxylic acid groups (broad SMARTS) is 1. The number of aromatic carboxylic acids is 1. The van der Waals surface area contributed by atoms with Crippen LogP contribution in [0.15, 0.2) is 66.8 Å². The molecule has 42 heavy (non-hydrogen) atoms. The topological polar surface area (TPSA) is 79.3 Å². The van der Waals surface area contributed by atoms with Crippen molar-refractivity contribution in [1.29, 1.82) is 0 Å². The molecular weight excluding hydrogens is 542 g/mol. The van der Waals surface area contributed by atoms with Crippen LogP contribution in [0.2, 0.25) is 0 Å². The minimum Gasteiger partial charge on any atom is -0.494 e. The lowest BCUT2D eigenvalue weighted by molar-refractivity contribution is 0.0556. The van der Waals surface area contributed by atoms with Gasteiger partial charge in [-0.2, -0.15) is 0 Å². The lowest BCUT2D eigenvalue weighted by Crippen LogP contribution is -2.50. The van der Waals surface area contributed by atoms with Crippen molar-refractivity contribution in [3.05, 3.63) is 77.9 Å². The van der Waals surface area contributed by atoms with Gasteiger partial charge in [0.1, 0.15) is 24.0 Å². The summed E-state index contributed by atoms with van der Waals surface area (Å²) in [6.07, 6.45) is 5.48. The predicted molar refractivity (Wildman–Crippen MR) is 162 cm³/mol. The van der Waals surface area contributed by atoms with Crippen LogP contribution in [0.3, 0.4) is 0 Å². The molecule has 2 aromatic rings. The number of hydrogen-bond donors (Lipinski definition) is 1. The van der Waals surface area contributed by atoms with Crippen molar-refractivity contribution >= 4 is 23.4 Å². The maximum atomic E-state index is 12.6. The molecular formula is C33H42F2N2O5. The predicted octanol–water partition coefficient (Wildman–Crippen LogP) is 8.10. The summed E-state index contributed by atoms with van der Waals surface area (Å²) in [5.41, 5.74) is 3.11. The molecule has 0 saturated carbocycles. The lowest BCUT2D eigenvalue weighted by Gasteiger charge is -2.41. The summed E-state index contributed by atoms with van der Waals surface area (Å²) in [7, 11) is 0. The summed E-state index contributed by atoms with van der Waals surface area (Å²) in [5, 5.41) is 9.16. The molecule has 228 valence electrons. The Morgan fingerprint density at radius 1 is 1.07 bits per heavy atom. The first kappa shape index (κ1) is 32.6. The van der Waals surface area contributed by atoms with Crippen LogP contribution in [-0.2, 0) is 11.2 Å². The van der Waals surface area contributed by atoms with Crippen LogP contribution < -0.4 is 14.5 Å². The molecule has 1 spiro atoms. The second kappa shape index (κ2) is 15.4. The van der Waals surface area contributed by atoms with Gasteiger partial charge < -0.3 is 19.5 Å². The molecule has 2 aromatic carbocycles. The van der Waals surface area contributed by atoms with Crippen LogP contribution in [-0.4, -0.2) is 50.0 Å². The molecule has 4 rings (SSSR count). The summed E-state index contributed by atoms with van der Waals surface area (Å²) < 4.78 is 35.5. The maximum Gasteiger partial charge on any atom is 0.414 e. The number of nitrogens with zero attached hydrogens (tertiary/aromatic N) is 2. The van der Waals surface area contributed by atoms with E-state index in [9.17, 15) is 18.4 Å². The highest BCUT2D eigenvalue weighted by molar-refractivity contribution is 5.91. The standard InChI is InChI=1S/C27H32N2O5.C6H10F2/c1-3-6-20-9-12-23(33-4-2)17-24(20)28-15-5-13-27(14-16-28)18-29(26(32)34-19-27)22-10-7-21(8-11-22)25(30)31;1-3-5(7)6(8)4-2/h3,7-12,17H,1,4-6,13-16,18-19H2,2H3,(H,30,31);3-4H2,1-2H3/b;6-5-. The fraction of sp³-hybridized carbons (Fsp3) is 0.455. The van der Waals surface area contributed by atoms with Crippen molar-refractivity contribution < 1.29 is 33.0 Å². The average Bonchev–Trinajstić information content (AvgIpc) is 3.21. The van der Waals surface area contributed by atoms with E-state index in [-0.39, 0.29) is 29.9 Å². The second-order valence-electron chi connectivity index (χ2n) is 10.6. The van der Waals surface area contributed by atoms with E-state index in [2.05, 4.69) is 23.6 Å². The van der Waals surface area contributed by atoms with Crippen LogP contribution in [0.1, 0.15) is 68.8 Å². The zero-order valence-electron chi connectivity index (χ0n) is 24.8. The van der Waals surface area contributed by atoms with Gasteiger partial charge in [0.2, 0.25) is 0 Å². The van der Waals surface area contributed by atoms with Crippen molar-refractivity contribution in [2.24, 2.45) is 5.41 Å². The van der Waals surface area contributed by atoms with Gasteiger partial charge in [0.25, 0.3) is 0 Å². The number of hydrogen-bond acceptors (Lipinski definition) is 5. The third-order valence-corrected chi connectivity index (χ3v) is 7.68. The van der Waals surface area contributed by atoms with Crippen LogP contribution in [0.4, 0.5) is 25.0 Å². The molecule has 1 unspecified atom stereocenters. The Morgan fingerprint density at radius 2 is 1.76 bits per heavy atom. The zero-order chi connectivity index (χ0) is 30.7. The van der Waals surface area contributed by atoms with Crippen molar-refractivity contribution in [3.8, 4) is 5.75 Å². The lowest BCUT2D eigenvalue weighted by atomic mass is 9.80. The summed E-state index contributed by atoms with van der Waals surface area (Å²) in [6.45, 7) is 12.4. The highest BCUT2D eigenvalue weighted by Crippen LogP contribution is 2.39. The average molecular weight is 585 g/mol. The fourth-order valence-electron chi connectivity index (χ4n) is 5.32. The van der Waals surface area contributed by atoms with E-state index in [1.807, 2.05) is 19.1 Å². The summed E-state index contributed by atoms with van der Waals surface area (Å²) in [4.78, 5) is 27.8. The van der Waals surface area contributed by atoms with Gasteiger partial charge in [-0.25, -0.2) is 18.4 Å². The monoisotopic (exact) mass is 584 g/mol. The highest BCUT2D eigenvalue weighted by Gasteiger charge is 2.42. The molecule has 1 amide bonds. The van der Waals surface area contributed by atoms with Gasteiger partial charge in [-0.05, 0) is 81.3 Å². The van der Waals surface area contributed by atoms with Crippen molar-refractivity contribution in [3.63, 3.8) is 0 Å². The first-order valence-electron chi connectivity index (χ1n) is 14.6. The Labute approximate surface area is 247 Å². The van der Waals surface area contributed by atoms with E-state index in [0.29, 0.717) is 25.4 Å². The van der Waals surface area contributed by atoms with E-state index in [1.54, 1.807) is 30.9 Å². The van der Waals surface area contributed by atoms with Gasteiger partial charge in [-0.1, -0.05) is 26.0 Å². The molecule has 2 aliphatic heterocycles. The molecule has 0 radical (unpaired) electrons. The number of carboxylic acids is 1. The molecule has 2 aliphatic rings. The SMILES string of the molecule is C=CCc1ccc(OCC)cc1N1CCCC2(CC1)COC(=O)N(c1ccc(C(=O)O)cc1)C2.CC/C(F)=C(/F)CC. The summed E-state index contributed by atoms with van der Waals surface area (Å²) >= 11 is 0. The van der Waals surface area contributed by atoms with Gasteiger partial charge in [0.15, 0.2) is 0 Å². The van der Waals surface area contributed by atoms with Gasteiger partial charge >= 0.3 is 12.1 Å². The van der Waals surface area contributed by atoms with E-state index >= 15 is 0 Å². The number of rotatable bonds is 9. The van der Waals surface area contributed by atoms with Crippen LogP contribution >= 0.6 is 0 Å². The molecule has 1 N–H and O–H groups in total. The molecule has 2 saturated heterocycles. The Hall–Kier alpha value is -3.88. The quantitative estimate of drug-likeness (QED) is 0.300. The second-order valence-corrected chi connectivity index (χ2v) is 10.6. The van der Waals surface area contributed by atoms with E-state index in [4.69, 9.17) is 14.6 Å². The Balaban J connectivity index is 0.000000531. The maximum absolute atomic E-state index is 12.6. The number of allylic oxidation sites excluding steroid dienone is 3. The highest BCUT2D eigenvalue weighted by atomic mass is 19.2. The number of cyclic esters (lactones) is 1. The number of carbonyl (C=O) groups excluding carboxylic acids is 1. The zero-order valence-corrected chi connectivity index (χ0v) is 24.8. The number of benzene rings is 2. The van der Waals surface area contributed by atoms with Gasteiger partial charge in [0, 0.05) is 42.5 Å². The van der Waals surface area contributed by atoms with Gasteiger partial charge in [-0.15, -0.1) is 6.58 Å². The number of ether oxygens (including phenoxy) is 2. The molecule has 9 heteroatoms. The number of carbonyl (C=O) groups is 2. The smallest absolute Gasteiger partial charge is 0.414 e. The Morgan fingerprint density at radius 3 is 2.36 bits per heavy atom. The third kappa shape index (κ3) is 8.33. The van der Waals surface area contributed by atoms with E-state index in [0.717, 1.165) is 44.5 Å². The van der Waals surface area contributed by atoms with E-state index < -0.39 is 17.6 Å². The van der Waals surface area contributed by atoms with Crippen molar-refractivity contribution in [1.82, 2.24) is 0 Å². The first-order chi connectivity index (χ1) is 20.2. The first-order valence-corrected chi connectivity index (χ1v) is 14.6. The van der Waals surface area contributed by atoms with E-state index in [1.165, 1.54) is 23.4 Å². The summed E-state index contributed by atoms with van der Waals surface area (Å²) in [5.74, 6) is -1.36. The Bertz CT molecular complexity index is 1250. The third-order valence-electron chi connectivity index (χ3n) is 7.68. The number of halogens is 2. The van der Waals surface area contributed by atoms with Crippen molar-refractivity contribution in [2.45, 2.75) is 59.3 Å². The molecule has 7 nitrogen and oxygen atoms in total. The Kier molecular flexibility index (Phi) is 11.9. The van der Waals surface area contributed by atoms with Crippen LogP contribution in [0.25, 0.3) is 0 Å². The summed E-state index contributed by atoms with van der Waals surface area (Å²) in [6, 6.07) is 12.6. The minimum absolute atomic E-state index is 0.149. The molecule has 0 aliphatic carbocycles. The largest absolute Gasteiger partial charge is 0.494 e. The van der Waals surface area contributed by atoms with Gasteiger partial charge in [0.05, 0.1) is 12.2 Å². The minimum atomic E-state index is -0.989. The molecule has 2 fully saturated rings. The fourth-order valence-corrected chi connectivity index (χ4v) is 5.32. The van der Waals surface area contributed by atoms with Crippen LogP contribution in [0.5, 0.6) is 5.75 Å². The molecule has 2 heterocycles. The van der Waals surface area contributed by atoms with Crippen molar-refractivity contribution in [2.75, 3.05) is 42.6 Å². The number of anilines is 2. The van der Waals surface area contributed by atoms with Crippen LogP contribution in [0, 0.1) is 5.41 Å². The molecule has 0 bridgehead atoms. The molecule has 1 atom stereocenters. The number of amides is 1. The normalized spacial score (nSPS) is 19.2. The molecule has 0 aromatic heterocycles.